The molecule has 1 aliphatic carbocycles. The van der Waals surface area contributed by atoms with Crippen LogP contribution in [0.15, 0.2) is 0 Å². The summed E-state index contributed by atoms with van der Waals surface area (Å²) in [5, 5.41) is 3.02. The molecule has 1 aliphatic rings. The number of nitrogens with one attached hydrogen (secondary N) is 1. The van der Waals surface area contributed by atoms with Crippen LogP contribution in [0.3, 0.4) is 0 Å². The Bertz CT molecular complexity index is 216. The summed E-state index contributed by atoms with van der Waals surface area (Å²) in [6, 6.07) is 0.0827. The molecule has 3 nitrogen and oxygen atoms in total. The lowest BCUT2D eigenvalue weighted by Gasteiger charge is -2.19. The maximum absolute atomic E-state index is 11.8. The van der Waals surface area contributed by atoms with Gasteiger partial charge >= 0.3 is 0 Å². The lowest BCUT2D eigenvalue weighted by Crippen LogP contribution is -2.40. The molecule has 0 saturated heterocycles. The molecular weight excluding hydrogens is 188 g/mol. The minimum Gasteiger partial charge on any atom is -0.356 e. The Balaban J connectivity index is 2.29. The molecule has 0 heterocycles. The van der Waals surface area contributed by atoms with E-state index in [1.807, 2.05) is 0 Å². The van der Waals surface area contributed by atoms with E-state index in [-0.39, 0.29) is 17.9 Å². The molecule has 3 heteroatoms. The zero-order chi connectivity index (χ0) is 11.4. The van der Waals surface area contributed by atoms with Crippen molar-refractivity contribution in [2.24, 2.45) is 23.5 Å². The van der Waals surface area contributed by atoms with Crippen molar-refractivity contribution in [3.8, 4) is 0 Å². The van der Waals surface area contributed by atoms with E-state index in [0.717, 1.165) is 25.8 Å². The molecule has 0 aromatic rings. The predicted molar refractivity (Wildman–Crippen MR) is 62.3 cm³/mol. The average molecular weight is 212 g/mol. The first-order valence-corrected chi connectivity index (χ1v) is 6.05. The van der Waals surface area contributed by atoms with Gasteiger partial charge in [0, 0.05) is 12.6 Å². The first kappa shape index (κ1) is 12.5. The Labute approximate surface area is 92.8 Å². The molecule has 0 aliphatic heterocycles. The third kappa shape index (κ3) is 3.49. The fourth-order valence-corrected chi connectivity index (χ4v) is 1.94. The quantitative estimate of drug-likeness (QED) is 0.742. The molecule has 1 rings (SSSR count). The van der Waals surface area contributed by atoms with Crippen LogP contribution in [0.25, 0.3) is 0 Å². The van der Waals surface area contributed by atoms with Crippen LogP contribution >= 0.6 is 0 Å². The van der Waals surface area contributed by atoms with Crippen molar-refractivity contribution in [2.45, 2.75) is 46.1 Å². The highest BCUT2D eigenvalue weighted by Gasteiger charge is 2.30. The van der Waals surface area contributed by atoms with Gasteiger partial charge in [0.2, 0.25) is 5.91 Å². The number of hydrogen-bond acceptors (Lipinski definition) is 2. The molecule has 1 fully saturated rings. The van der Waals surface area contributed by atoms with Gasteiger partial charge in [-0.1, -0.05) is 27.2 Å². The molecule has 3 atom stereocenters. The molecule has 1 amide bonds. The van der Waals surface area contributed by atoms with Crippen molar-refractivity contribution in [1.29, 1.82) is 0 Å². The standard InChI is InChI=1S/C12H24N2O/c1-8(2)9(3)7-14-12(15)10-5-4-6-11(10)13/h8-11H,4-7,13H2,1-3H3,(H,14,15). The number of hydrogen-bond donors (Lipinski definition) is 2. The molecule has 0 bridgehead atoms. The first-order valence-electron chi connectivity index (χ1n) is 6.05. The van der Waals surface area contributed by atoms with Gasteiger partial charge < -0.3 is 11.1 Å². The van der Waals surface area contributed by atoms with Crippen LogP contribution < -0.4 is 11.1 Å². The zero-order valence-electron chi connectivity index (χ0n) is 10.1. The normalized spacial score (nSPS) is 28.1. The van der Waals surface area contributed by atoms with Crippen LogP contribution in [0, 0.1) is 17.8 Å². The van der Waals surface area contributed by atoms with Crippen LogP contribution in [-0.4, -0.2) is 18.5 Å². The SMILES string of the molecule is CC(C)C(C)CNC(=O)C1CCCC1N. The van der Waals surface area contributed by atoms with Crippen LogP contribution in [-0.2, 0) is 4.79 Å². The molecule has 3 unspecified atom stereocenters. The van der Waals surface area contributed by atoms with E-state index in [2.05, 4.69) is 26.1 Å². The number of nitrogens with two attached hydrogens (primary N) is 1. The number of carbonyl (C=O) groups excluding carboxylic acids is 1. The highest BCUT2D eigenvalue weighted by molar-refractivity contribution is 5.79. The fraction of sp³-hybridized carbons (Fsp3) is 0.917. The summed E-state index contributed by atoms with van der Waals surface area (Å²) < 4.78 is 0. The Kier molecular flexibility index (Phi) is 4.58. The van der Waals surface area contributed by atoms with Gasteiger partial charge in [0.05, 0.1) is 5.92 Å². The molecule has 3 N–H and O–H groups in total. The maximum Gasteiger partial charge on any atom is 0.224 e. The molecule has 0 spiro atoms. The largest absolute Gasteiger partial charge is 0.356 e. The number of amides is 1. The van der Waals surface area contributed by atoms with Gasteiger partial charge in [0.15, 0.2) is 0 Å². The molecule has 88 valence electrons. The van der Waals surface area contributed by atoms with Crippen molar-refractivity contribution >= 4 is 5.91 Å². The Hall–Kier alpha value is -0.570. The monoisotopic (exact) mass is 212 g/mol. The lowest BCUT2D eigenvalue weighted by atomic mass is 9.97. The molecule has 0 aromatic heterocycles. The van der Waals surface area contributed by atoms with Gasteiger partial charge in [0.1, 0.15) is 0 Å². The van der Waals surface area contributed by atoms with Crippen LogP contribution in [0.5, 0.6) is 0 Å². The highest BCUT2D eigenvalue weighted by Crippen LogP contribution is 2.24. The lowest BCUT2D eigenvalue weighted by molar-refractivity contribution is -0.125. The molecule has 1 saturated carbocycles. The van der Waals surface area contributed by atoms with Gasteiger partial charge in [-0.3, -0.25) is 4.79 Å². The first-order chi connectivity index (χ1) is 7.02. The topological polar surface area (TPSA) is 55.1 Å². The summed E-state index contributed by atoms with van der Waals surface area (Å²) in [5.41, 5.74) is 5.89. The van der Waals surface area contributed by atoms with Crippen molar-refractivity contribution in [1.82, 2.24) is 5.32 Å². The van der Waals surface area contributed by atoms with Crippen LogP contribution in [0.4, 0.5) is 0 Å². The van der Waals surface area contributed by atoms with Crippen LogP contribution in [0.1, 0.15) is 40.0 Å². The van der Waals surface area contributed by atoms with E-state index in [1.165, 1.54) is 0 Å². The van der Waals surface area contributed by atoms with Crippen LogP contribution in [0.2, 0.25) is 0 Å². The molecule has 0 aromatic carbocycles. The molecular formula is C12H24N2O. The van der Waals surface area contributed by atoms with Gasteiger partial charge in [-0.2, -0.15) is 0 Å². The van der Waals surface area contributed by atoms with Crippen molar-refractivity contribution in [3.05, 3.63) is 0 Å². The fourth-order valence-electron chi connectivity index (χ4n) is 1.94. The van der Waals surface area contributed by atoms with E-state index >= 15 is 0 Å². The zero-order valence-corrected chi connectivity index (χ0v) is 10.1. The third-order valence-electron chi connectivity index (χ3n) is 3.64. The average Bonchev–Trinajstić information content (AvgIpc) is 2.60. The van der Waals surface area contributed by atoms with Crippen molar-refractivity contribution < 1.29 is 4.79 Å². The third-order valence-corrected chi connectivity index (χ3v) is 3.64. The Morgan fingerprint density at radius 2 is 2.07 bits per heavy atom. The summed E-state index contributed by atoms with van der Waals surface area (Å²) >= 11 is 0. The van der Waals surface area contributed by atoms with Crippen molar-refractivity contribution in [2.75, 3.05) is 6.54 Å². The summed E-state index contributed by atoms with van der Waals surface area (Å²) in [4.78, 5) is 11.8. The van der Waals surface area contributed by atoms with E-state index < -0.39 is 0 Å². The maximum atomic E-state index is 11.8. The Morgan fingerprint density at radius 3 is 2.53 bits per heavy atom. The summed E-state index contributed by atoms with van der Waals surface area (Å²) in [6.45, 7) is 7.30. The van der Waals surface area contributed by atoms with Gasteiger partial charge in [-0.05, 0) is 24.7 Å². The molecule has 15 heavy (non-hydrogen) atoms. The smallest absolute Gasteiger partial charge is 0.224 e. The minimum atomic E-state index is 0.0596. The Morgan fingerprint density at radius 1 is 1.40 bits per heavy atom. The summed E-state index contributed by atoms with van der Waals surface area (Å²) in [6.07, 6.45) is 3.06. The predicted octanol–water partition coefficient (Wildman–Crippen LogP) is 1.52. The minimum absolute atomic E-state index is 0.0596. The van der Waals surface area contributed by atoms with Gasteiger partial charge in [-0.25, -0.2) is 0 Å². The van der Waals surface area contributed by atoms with E-state index in [0.29, 0.717) is 11.8 Å². The number of carbonyl (C=O) groups is 1. The summed E-state index contributed by atoms with van der Waals surface area (Å²) in [7, 11) is 0. The second-order valence-corrected chi connectivity index (χ2v) is 5.17. The van der Waals surface area contributed by atoms with Crippen molar-refractivity contribution in [3.63, 3.8) is 0 Å². The van der Waals surface area contributed by atoms with E-state index in [4.69, 9.17) is 5.73 Å². The van der Waals surface area contributed by atoms with Gasteiger partial charge in [-0.15, -0.1) is 0 Å². The second-order valence-electron chi connectivity index (χ2n) is 5.17. The highest BCUT2D eigenvalue weighted by atomic mass is 16.1. The van der Waals surface area contributed by atoms with E-state index in [9.17, 15) is 4.79 Å². The van der Waals surface area contributed by atoms with Gasteiger partial charge in [0.25, 0.3) is 0 Å². The molecule has 0 radical (unpaired) electrons. The second kappa shape index (κ2) is 5.50. The van der Waals surface area contributed by atoms with E-state index in [1.54, 1.807) is 0 Å². The number of rotatable bonds is 4. The summed E-state index contributed by atoms with van der Waals surface area (Å²) in [5.74, 6) is 1.37.